The van der Waals surface area contributed by atoms with Crippen LogP contribution in [0.15, 0.2) is 0 Å². The smallest absolute Gasteiger partial charge is 0.00773 e. The van der Waals surface area contributed by atoms with Crippen molar-refractivity contribution in [2.75, 3.05) is 6.54 Å². The lowest BCUT2D eigenvalue weighted by Gasteiger charge is -2.03. The first-order chi connectivity index (χ1) is 19.3. The molecule has 0 saturated carbocycles. The van der Waals surface area contributed by atoms with E-state index < -0.39 is 0 Å². The van der Waals surface area contributed by atoms with Crippen molar-refractivity contribution in [3.63, 3.8) is 0 Å². The second-order valence-electron chi connectivity index (χ2n) is 12.7. The van der Waals surface area contributed by atoms with Crippen LogP contribution >= 0.6 is 0 Å². The van der Waals surface area contributed by atoms with Crippen molar-refractivity contribution in [2.45, 2.75) is 239 Å². The topological polar surface area (TPSA) is 26.0 Å². The van der Waals surface area contributed by atoms with Crippen LogP contribution in [0.1, 0.15) is 239 Å². The van der Waals surface area contributed by atoms with Gasteiger partial charge in [-0.25, -0.2) is 0 Å². The minimum absolute atomic E-state index is 0.873. The van der Waals surface area contributed by atoms with E-state index in [4.69, 9.17) is 5.73 Å². The third kappa shape index (κ3) is 45.2. The van der Waals surface area contributed by atoms with Crippen LogP contribution in [0.25, 0.3) is 0 Å². The van der Waals surface area contributed by atoms with E-state index in [9.17, 15) is 0 Å². The molecule has 0 radical (unpaired) electrons. The Hall–Kier alpha value is -0.0400. The lowest BCUT2D eigenvalue weighted by atomic mass is 10.0. The molecule has 2 N–H and O–H groups in total. The molecule has 39 heavy (non-hydrogen) atoms. The molecule has 0 rings (SSSR count). The third-order valence-corrected chi connectivity index (χ3v) is 8.51. The van der Waals surface area contributed by atoms with Crippen LogP contribution in [0.4, 0.5) is 0 Å². The van der Waals surface area contributed by atoms with Crippen molar-refractivity contribution in [1.29, 1.82) is 0 Å². The Morgan fingerprint density at radius 1 is 0.205 bits per heavy atom. The van der Waals surface area contributed by atoms with Crippen molar-refractivity contribution >= 4 is 0 Å². The normalized spacial score (nSPS) is 11.1. The number of unbranched alkanes of at least 4 members (excludes halogenated alkanes) is 32. The summed E-state index contributed by atoms with van der Waals surface area (Å²) < 4.78 is 0. The van der Waals surface area contributed by atoms with Gasteiger partial charge in [0.25, 0.3) is 0 Å². The number of hydrogen-bond acceptors (Lipinski definition) is 1. The van der Waals surface area contributed by atoms with E-state index in [1.54, 1.807) is 0 Å². The Labute approximate surface area is 251 Å². The highest BCUT2D eigenvalue weighted by molar-refractivity contribution is 4.51. The standard InChI is InChI=1S/C20H42.C18H39N/c1-3-5-7-9-11-13-15-17-19-20-18-16-14-12-10-8-6-4-2;1-2-3-4-5-6-7-8-9-10-11-12-13-14-15-16-17-18-19/h3-20H2,1-2H3;2-19H2,1H3. The van der Waals surface area contributed by atoms with Gasteiger partial charge in [-0.1, -0.05) is 233 Å². The molecule has 0 bridgehead atoms. The summed E-state index contributed by atoms with van der Waals surface area (Å²) in [5.74, 6) is 0. The van der Waals surface area contributed by atoms with Crippen molar-refractivity contribution in [2.24, 2.45) is 5.73 Å². The van der Waals surface area contributed by atoms with E-state index in [0.29, 0.717) is 0 Å². The summed E-state index contributed by atoms with van der Waals surface area (Å²) in [6.45, 7) is 7.76. The zero-order valence-corrected chi connectivity index (χ0v) is 28.3. The molecule has 0 amide bonds. The molecule has 0 unspecified atom stereocenters. The number of hydrogen-bond donors (Lipinski definition) is 1. The van der Waals surface area contributed by atoms with Crippen LogP contribution in [-0.2, 0) is 0 Å². The summed E-state index contributed by atoms with van der Waals surface area (Å²) in [6.07, 6.45) is 49.3. The van der Waals surface area contributed by atoms with E-state index >= 15 is 0 Å². The molecule has 0 heterocycles. The second kappa shape index (κ2) is 42.4. The summed E-state index contributed by atoms with van der Waals surface area (Å²) in [6, 6.07) is 0. The van der Waals surface area contributed by atoms with E-state index in [2.05, 4.69) is 20.8 Å². The lowest BCUT2D eigenvalue weighted by Crippen LogP contribution is -1.97. The molecule has 0 aliphatic heterocycles. The summed E-state index contributed by atoms with van der Waals surface area (Å²) in [4.78, 5) is 0. The molecule has 0 aliphatic carbocycles. The van der Waals surface area contributed by atoms with Gasteiger partial charge in [0.2, 0.25) is 0 Å². The van der Waals surface area contributed by atoms with Gasteiger partial charge in [-0.15, -0.1) is 0 Å². The highest BCUT2D eigenvalue weighted by Gasteiger charge is 1.95. The zero-order chi connectivity index (χ0) is 28.7. The molecule has 1 nitrogen and oxygen atoms in total. The molecule has 0 saturated heterocycles. The fourth-order valence-electron chi connectivity index (χ4n) is 5.67. The Kier molecular flexibility index (Phi) is 44.7. The van der Waals surface area contributed by atoms with Crippen LogP contribution in [-0.4, -0.2) is 6.54 Å². The minimum atomic E-state index is 0.873. The third-order valence-electron chi connectivity index (χ3n) is 8.51. The van der Waals surface area contributed by atoms with Crippen molar-refractivity contribution < 1.29 is 0 Å². The zero-order valence-electron chi connectivity index (χ0n) is 28.3. The number of rotatable bonds is 33. The predicted molar refractivity (Wildman–Crippen MR) is 183 cm³/mol. The maximum Gasteiger partial charge on any atom is -0.00773 e. The summed E-state index contributed by atoms with van der Waals surface area (Å²) in [7, 11) is 0. The minimum Gasteiger partial charge on any atom is -0.330 e. The van der Waals surface area contributed by atoms with Gasteiger partial charge in [-0.05, 0) is 13.0 Å². The van der Waals surface area contributed by atoms with Crippen molar-refractivity contribution in [3.05, 3.63) is 0 Å². The molecular formula is C38H81N. The fraction of sp³-hybridized carbons (Fsp3) is 1.00. The van der Waals surface area contributed by atoms with Gasteiger partial charge in [0, 0.05) is 0 Å². The molecule has 0 spiro atoms. The van der Waals surface area contributed by atoms with Crippen LogP contribution in [0.3, 0.4) is 0 Å². The Morgan fingerprint density at radius 3 is 0.462 bits per heavy atom. The maximum absolute atomic E-state index is 5.48. The Bertz CT molecular complexity index is 332. The van der Waals surface area contributed by atoms with Gasteiger partial charge < -0.3 is 5.73 Å². The molecule has 0 fully saturated rings. The SMILES string of the molecule is CCCCCCCCCCCCCCCCCCCC.CCCCCCCCCCCCCCCCCCN. The largest absolute Gasteiger partial charge is 0.330 e. The van der Waals surface area contributed by atoms with Gasteiger partial charge in [0.1, 0.15) is 0 Å². The highest BCUT2D eigenvalue weighted by atomic mass is 14.5. The van der Waals surface area contributed by atoms with Gasteiger partial charge in [0.15, 0.2) is 0 Å². The highest BCUT2D eigenvalue weighted by Crippen LogP contribution is 2.15. The monoisotopic (exact) mass is 552 g/mol. The van der Waals surface area contributed by atoms with Gasteiger partial charge >= 0.3 is 0 Å². The van der Waals surface area contributed by atoms with E-state index in [0.717, 1.165) is 6.54 Å². The molecule has 1 heteroatoms. The molecule has 238 valence electrons. The van der Waals surface area contributed by atoms with E-state index in [-0.39, 0.29) is 0 Å². The van der Waals surface area contributed by atoms with Gasteiger partial charge in [-0.2, -0.15) is 0 Å². The summed E-state index contributed by atoms with van der Waals surface area (Å²) in [5.41, 5.74) is 5.48. The van der Waals surface area contributed by atoms with E-state index in [1.165, 1.54) is 218 Å². The van der Waals surface area contributed by atoms with Crippen LogP contribution in [0.2, 0.25) is 0 Å². The average molecular weight is 552 g/mol. The molecule has 0 aromatic carbocycles. The van der Waals surface area contributed by atoms with Crippen LogP contribution in [0, 0.1) is 0 Å². The Morgan fingerprint density at radius 2 is 0.333 bits per heavy atom. The van der Waals surface area contributed by atoms with Crippen molar-refractivity contribution in [1.82, 2.24) is 0 Å². The Balaban J connectivity index is 0. The average Bonchev–Trinajstić information content (AvgIpc) is 2.95. The molecule has 0 aromatic heterocycles. The van der Waals surface area contributed by atoms with Crippen molar-refractivity contribution in [3.8, 4) is 0 Å². The fourth-order valence-corrected chi connectivity index (χ4v) is 5.67. The first-order valence-corrected chi connectivity index (χ1v) is 19.0. The maximum atomic E-state index is 5.48. The molecule has 0 atom stereocenters. The van der Waals surface area contributed by atoms with Crippen LogP contribution in [0.5, 0.6) is 0 Å². The van der Waals surface area contributed by atoms with Gasteiger partial charge in [-0.3, -0.25) is 0 Å². The molecule has 0 aromatic rings. The molecule has 0 aliphatic rings. The first-order valence-electron chi connectivity index (χ1n) is 19.0. The summed E-state index contributed by atoms with van der Waals surface area (Å²) >= 11 is 0. The van der Waals surface area contributed by atoms with Crippen LogP contribution < -0.4 is 5.73 Å². The lowest BCUT2D eigenvalue weighted by molar-refractivity contribution is 0.526. The molecular weight excluding hydrogens is 470 g/mol. The second-order valence-corrected chi connectivity index (χ2v) is 12.7. The predicted octanol–water partition coefficient (Wildman–Crippen LogP) is 14.3. The quantitative estimate of drug-likeness (QED) is 0.0806. The summed E-state index contributed by atoms with van der Waals surface area (Å²) in [5, 5.41) is 0. The first kappa shape index (κ1) is 41.1. The number of nitrogens with two attached hydrogens (primary N) is 1. The van der Waals surface area contributed by atoms with E-state index in [1.807, 2.05) is 0 Å². The van der Waals surface area contributed by atoms with Gasteiger partial charge in [0.05, 0.1) is 0 Å².